The number of rotatable bonds is 5. The molecule has 0 bridgehead atoms. The summed E-state index contributed by atoms with van der Waals surface area (Å²) < 4.78 is 0. The SMILES string of the molecule is Cc1ccc(C(=O)N2CCCC(C(=O)Nc3ccc(CC(=O)O)cc3)C2)cc1. The lowest BCUT2D eigenvalue weighted by Gasteiger charge is -2.32. The standard InChI is InChI=1S/C22H24N2O4/c1-15-4-8-17(9-5-15)22(28)24-12-2-3-18(14-24)21(27)23-19-10-6-16(7-11-19)13-20(25)26/h4-11,18H,2-3,12-14H2,1H3,(H,23,27)(H,25,26). The highest BCUT2D eigenvalue weighted by atomic mass is 16.4. The van der Waals surface area contributed by atoms with Gasteiger partial charge in [-0.25, -0.2) is 0 Å². The molecule has 146 valence electrons. The topological polar surface area (TPSA) is 86.7 Å². The van der Waals surface area contributed by atoms with Gasteiger partial charge in [-0.1, -0.05) is 29.8 Å². The van der Waals surface area contributed by atoms with E-state index in [-0.39, 0.29) is 24.2 Å². The van der Waals surface area contributed by atoms with Crippen LogP contribution >= 0.6 is 0 Å². The van der Waals surface area contributed by atoms with Crippen LogP contribution in [-0.4, -0.2) is 40.9 Å². The Morgan fingerprint density at radius 3 is 2.39 bits per heavy atom. The number of carboxylic acids is 1. The van der Waals surface area contributed by atoms with Crippen molar-refractivity contribution in [1.82, 2.24) is 4.90 Å². The van der Waals surface area contributed by atoms with Crippen LogP contribution in [0.1, 0.15) is 34.3 Å². The number of hydrogen-bond acceptors (Lipinski definition) is 3. The van der Waals surface area contributed by atoms with Crippen molar-refractivity contribution in [3.8, 4) is 0 Å². The number of carbonyl (C=O) groups is 3. The lowest BCUT2D eigenvalue weighted by molar-refractivity contribution is -0.136. The first-order valence-corrected chi connectivity index (χ1v) is 9.40. The van der Waals surface area contributed by atoms with Crippen molar-refractivity contribution in [3.05, 3.63) is 65.2 Å². The molecule has 1 fully saturated rings. The molecule has 0 spiro atoms. The largest absolute Gasteiger partial charge is 0.481 e. The normalized spacial score (nSPS) is 16.5. The number of amides is 2. The second-order valence-corrected chi connectivity index (χ2v) is 7.21. The van der Waals surface area contributed by atoms with Crippen molar-refractivity contribution in [2.45, 2.75) is 26.2 Å². The highest BCUT2D eigenvalue weighted by Crippen LogP contribution is 2.21. The summed E-state index contributed by atoms with van der Waals surface area (Å²) >= 11 is 0. The van der Waals surface area contributed by atoms with Crippen LogP contribution in [0.15, 0.2) is 48.5 Å². The first-order chi connectivity index (χ1) is 13.4. The molecule has 1 atom stereocenters. The number of aliphatic carboxylic acids is 1. The van der Waals surface area contributed by atoms with E-state index in [1.54, 1.807) is 29.2 Å². The summed E-state index contributed by atoms with van der Waals surface area (Å²) in [6, 6.07) is 14.3. The maximum absolute atomic E-state index is 12.7. The van der Waals surface area contributed by atoms with Crippen molar-refractivity contribution in [1.29, 1.82) is 0 Å². The summed E-state index contributed by atoms with van der Waals surface area (Å²) in [5, 5.41) is 11.7. The Bertz CT molecular complexity index is 859. The summed E-state index contributed by atoms with van der Waals surface area (Å²) in [5.41, 5.74) is 3.04. The number of likely N-dealkylation sites (tertiary alicyclic amines) is 1. The molecule has 0 radical (unpaired) electrons. The summed E-state index contributed by atoms with van der Waals surface area (Å²) in [7, 11) is 0. The van der Waals surface area contributed by atoms with Crippen molar-refractivity contribution in [3.63, 3.8) is 0 Å². The van der Waals surface area contributed by atoms with Crippen molar-refractivity contribution in [2.24, 2.45) is 5.92 Å². The molecule has 6 heteroatoms. The summed E-state index contributed by atoms with van der Waals surface area (Å²) in [6.45, 7) is 3.03. The van der Waals surface area contributed by atoms with Gasteiger partial charge < -0.3 is 15.3 Å². The van der Waals surface area contributed by atoms with Crippen LogP contribution in [0.3, 0.4) is 0 Å². The molecule has 0 aromatic heterocycles. The maximum atomic E-state index is 12.7. The third-order valence-electron chi connectivity index (χ3n) is 4.95. The number of benzene rings is 2. The van der Waals surface area contributed by atoms with E-state index in [0.29, 0.717) is 29.9 Å². The number of aryl methyl sites for hydroxylation is 1. The molecule has 1 aliphatic heterocycles. The first-order valence-electron chi connectivity index (χ1n) is 9.40. The van der Waals surface area contributed by atoms with Gasteiger partial charge in [0.05, 0.1) is 12.3 Å². The average molecular weight is 380 g/mol. The molecule has 28 heavy (non-hydrogen) atoms. The summed E-state index contributed by atoms with van der Waals surface area (Å²) in [4.78, 5) is 37.8. The zero-order valence-corrected chi connectivity index (χ0v) is 15.9. The van der Waals surface area contributed by atoms with Gasteiger partial charge in [0.1, 0.15) is 0 Å². The van der Waals surface area contributed by atoms with E-state index in [0.717, 1.165) is 18.4 Å². The number of nitrogens with zero attached hydrogens (tertiary/aromatic N) is 1. The number of carboxylic acid groups (broad SMARTS) is 1. The highest BCUT2D eigenvalue weighted by Gasteiger charge is 2.29. The summed E-state index contributed by atoms with van der Waals surface area (Å²) in [6.07, 6.45) is 1.47. The molecule has 2 amide bonds. The van der Waals surface area contributed by atoms with Crippen LogP contribution < -0.4 is 5.32 Å². The van der Waals surface area contributed by atoms with Crippen LogP contribution in [0, 0.1) is 12.8 Å². The van der Waals surface area contributed by atoms with Gasteiger partial charge >= 0.3 is 5.97 Å². The molecule has 2 aromatic carbocycles. The minimum absolute atomic E-state index is 0.0458. The molecule has 1 unspecified atom stereocenters. The molecule has 0 aliphatic carbocycles. The number of hydrogen-bond donors (Lipinski definition) is 2. The number of carbonyl (C=O) groups excluding carboxylic acids is 2. The van der Waals surface area contributed by atoms with Gasteiger partial charge in [-0.15, -0.1) is 0 Å². The Labute approximate surface area is 164 Å². The molecule has 3 rings (SSSR count). The fourth-order valence-electron chi connectivity index (χ4n) is 3.38. The Morgan fingerprint density at radius 1 is 1.07 bits per heavy atom. The van der Waals surface area contributed by atoms with Crippen LogP contribution in [0.4, 0.5) is 5.69 Å². The second-order valence-electron chi connectivity index (χ2n) is 7.21. The van der Waals surface area contributed by atoms with E-state index in [2.05, 4.69) is 5.32 Å². The molecule has 2 aromatic rings. The van der Waals surface area contributed by atoms with Gasteiger partial charge in [-0.05, 0) is 49.6 Å². The van der Waals surface area contributed by atoms with E-state index >= 15 is 0 Å². The van der Waals surface area contributed by atoms with Gasteiger partial charge in [-0.3, -0.25) is 14.4 Å². The van der Waals surface area contributed by atoms with Gasteiger partial charge in [0.15, 0.2) is 0 Å². The van der Waals surface area contributed by atoms with Crippen LogP contribution in [-0.2, 0) is 16.0 Å². The number of nitrogens with one attached hydrogen (secondary N) is 1. The molecule has 1 heterocycles. The first kappa shape index (κ1) is 19.6. The van der Waals surface area contributed by atoms with Crippen LogP contribution in [0.2, 0.25) is 0 Å². The molecular weight excluding hydrogens is 356 g/mol. The zero-order valence-electron chi connectivity index (χ0n) is 15.9. The summed E-state index contributed by atoms with van der Waals surface area (Å²) in [5.74, 6) is -1.32. The van der Waals surface area contributed by atoms with Gasteiger partial charge in [0.25, 0.3) is 5.91 Å². The van der Waals surface area contributed by atoms with E-state index in [1.807, 2.05) is 31.2 Å². The van der Waals surface area contributed by atoms with Crippen molar-refractivity contribution < 1.29 is 19.5 Å². The highest BCUT2D eigenvalue weighted by molar-refractivity contribution is 5.96. The second kappa shape index (κ2) is 8.69. The minimum atomic E-state index is -0.891. The third-order valence-corrected chi connectivity index (χ3v) is 4.95. The lowest BCUT2D eigenvalue weighted by Crippen LogP contribution is -2.43. The van der Waals surface area contributed by atoms with Crippen LogP contribution in [0.25, 0.3) is 0 Å². The van der Waals surface area contributed by atoms with Crippen LogP contribution in [0.5, 0.6) is 0 Å². The third kappa shape index (κ3) is 4.97. The van der Waals surface area contributed by atoms with Gasteiger partial charge in [0, 0.05) is 24.3 Å². The number of anilines is 1. The molecule has 1 aliphatic rings. The fraction of sp³-hybridized carbons (Fsp3) is 0.318. The fourth-order valence-corrected chi connectivity index (χ4v) is 3.38. The Balaban J connectivity index is 1.60. The molecule has 2 N–H and O–H groups in total. The van der Waals surface area contributed by atoms with Gasteiger partial charge in [-0.2, -0.15) is 0 Å². The Kier molecular flexibility index (Phi) is 6.09. The van der Waals surface area contributed by atoms with E-state index in [4.69, 9.17) is 5.11 Å². The predicted octanol–water partition coefficient (Wildman–Crippen LogP) is 3.11. The molecular formula is C22H24N2O4. The molecule has 1 saturated heterocycles. The van der Waals surface area contributed by atoms with Crippen molar-refractivity contribution >= 4 is 23.5 Å². The monoisotopic (exact) mass is 380 g/mol. The quantitative estimate of drug-likeness (QED) is 0.834. The van der Waals surface area contributed by atoms with Gasteiger partial charge in [0.2, 0.25) is 5.91 Å². The zero-order chi connectivity index (χ0) is 20.1. The minimum Gasteiger partial charge on any atom is -0.481 e. The Hall–Kier alpha value is -3.15. The van der Waals surface area contributed by atoms with Crippen molar-refractivity contribution in [2.75, 3.05) is 18.4 Å². The number of piperidine rings is 1. The van der Waals surface area contributed by atoms with E-state index in [1.165, 1.54) is 0 Å². The lowest BCUT2D eigenvalue weighted by atomic mass is 9.96. The Morgan fingerprint density at radius 2 is 1.75 bits per heavy atom. The van der Waals surface area contributed by atoms with E-state index in [9.17, 15) is 14.4 Å². The van der Waals surface area contributed by atoms with E-state index < -0.39 is 5.97 Å². The molecule has 6 nitrogen and oxygen atoms in total. The molecule has 0 saturated carbocycles. The smallest absolute Gasteiger partial charge is 0.307 e. The average Bonchev–Trinajstić information content (AvgIpc) is 2.69. The maximum Gasteiger partial charge on any atom is 0.307 e. The predicted molar refractivity (Wildman–Crippen MR) is 106 cm³/mol.